The average molecular weight is 314 g/mol. The molecule has 2 aromatic rings. The second-order valence-corrected chi connectivity index (χ2v) is 12.1. The van der Waals surface area contributed by atoms with E-state index in [-0.39, 0.29) is 5.04 Å². The van der Waals surface area contributed by atoms with E-state index in [9.17, 15) is 0 Å². The Kier molecular flexibility index (Phi) is 5.15. The summed E-state index contributed by atoms with van der Waals surface area (Å²) in [5, 5.41) is 1.48. The molecule has 0 saturated carbocycles. The second-order valence-electron chi connectivity index (χ2n) is 7.26. The Morgan fingerprint density at radius 3 is 2.64 bits per heavy atom. The first kappa shape index (κ1) is 16.9. The molecule has 2 rings (SSSR count). The van der Waals surface area contributed by atoms with Crippen molar-refractivity contribution in [1.82, 2.24) is 4.98 Å². The molecule has 0 spiro atoms. The molecule has 22 heavy (non-hydrogen) atoms. The average Bonchev–Trinajstić information content (AvgIpc) is 2.85. The third-order valence-corrected chi connectivity index (χ3v) is 9.07. The summed E-state index contributed by atoms with van der Waals surface area (Å²) in [7, 11) is -1.61. The van der Waals surface area contributed by atoms with Crippen LogP contribution >= 0.6 is 0 Å². The van der Waals surface area contributed by atoms with Gasteiger partial charge in [-0.3, -0.25) is 0 Å². The molecule has 0 unspecified atom stereocenters. The molecule has 2 nitrogen and oxygen atoms in total. The maximum atomic E-state index is 6.17. The molecule has 1 N–H and O–H groups in total. The predicted octanol–water partition coefficient (Wildman–Crippen LogP) is 5.32. The van der Waals surface area contributed by atoms with Gasteiger partial charge in [0.2, 0.25) is 0 Å². The van der Waals surface area contributed by atoms with Gasteiger partial charge in [0.25, 0.3) is 0 Å². The minimum atomic E-state index is -1.61. The Labute approximate surface area is 135 Å². The molecule has 0 amide bonds. The van der Waals surface area contributed by atoms with Crippen molar-refractivity contribution in [2.24, 2.45) is 0 Å². The van der Waals surface area contributed by atoms with Crippen LogP contribution < -0.4 is 0 Å². The van der Waals surface area contributed by atoms with Gasteiger partial charge in [-0.1, -0.05) is 50.8 Å². The van der Waals surface area contributed by atoms with Crippen LogP contribution in [-0.4, -0.2) is 19.9 Å². The highest BCUT2D eigenvalue weighted by molar-refractivity contribution is 6.74. The number of aromatic nitrogens is 1. The maximum absolute atomic E-state index is 6.17. The van der Waals surface area contributed by atoms with Crippen LogP contribution in [-0.2, 0) is 4.43 Å². The van der Waals surface area contributed by atoms with E-state index in [1.54, 1.807) is 0 Å². The number of hydrogen-bond acceptors (Lipinski definition) is 1. The van der Waals surface area contributed by atoms with E-state index in [1.165, 1.54) is 5.39 Å². The van der Waals surface area contributed by atoms with Crippen molar-refractivity contribution in [3.05, 3.63) is 36.0 Å². The smallest absolute Gasteiger partial charge is 0.191 e. The number of fused-ring (bicyclic) bond motifs is 1. The first-order valence-electron chi connectivity index (χ1n) is 8.00. The number of hydrogen-bond donors (Lipinski definition) is 1. The number of rotatable bonds is 4. The Bertz CT molecular complexity index is 683. The van der Waals surface area contributed by atoms with Crippen LogP contribution in [0.1, 0.15) is 39.2 Å². The zero-order valence-corrected chi connectivity index (χ0v) is 15.4. The van der Waals surface area contributed by atoms with Gasteiger partial charge in [-0.15, -0.1) is 0 Å². The number of aromatic amines is 1. The van der Waals surface area contributed by atoms with E-state index in [4.69, 9.17) is 4.43 Å². The van der Waals surface area contributed by atoms with Crippen LogP contribution in [0.3, 0.4) is 0 Å². The van der Waals surface area contributed by atoms with Crippen molar-refractivity contribution < 1.29 is 4.43 Å². The Hall–Kier alpha value is -1.50. The van der Waals surface area contributed by atoms with Crippen LogP contribution in [0.4, 0.5) is 0 Å². The van der Waals surface area contributed by atoms with Gasteiger partial charge in [0.05, 0.1) is 0 Å². The lowest BCUT2D eigenvalue weighted by Crippen LogP contribution is -2.40. The lowest BCUT2D eigenvalue weighted by atomic mass is 10.2. The third kappa shape index (κ3) is 4.03. The summed E-state index contributed by atoms with van der Waals surface area (Å²) in [6, 6.07) is 8.27. The minimum absolute atomic E-state index is 0.280. The molecule has 0 aliphatic heterocycles. The van der Waals surface area contributed by atoms with Crippen LogP contribution in [0, 0.1) is 11.8 Å². The third-order valence-electron chi connectivity index (χ3n) is 4.53. The molecule has 0 aliphatic rings. The fraction of sp³-hybridized carbons (Fsp3) is 0.474. The molecule has 1 aromatic carbocycles. The fourth-order valence-electron chi connectivity index (χ4n) is 2.04. The summed E-state index contributed by atoms with van der Waals surface area (Å²) < 4.78 is 6.17. The minimum Gasteiger partial charge on any atom is -0.417 e. The largest absolute Gasteiger partial charge is 0.417 e. The molecule has 0 aliphatic carbocycles. The quantitative estimate of drug-likeness (QED) is 0.461. The summed E-state index contributed by atoms with van der Waals surface area (Å²) >= 11 is 0. The van der Waals surface area contributed by atoms with Gasteiger partial charge in [0.1, 0.15) is 0 Å². The van der Waals surface area contributed by atoms with E-state index < -0.39 is 8.32 Å². The van der Waals surface area contributed by atoms with Crippen LogP contribution in [0.25, 0.3) is 10.9 Å². The molecule has 1 aromatic heterocycles. The lowest BCUT2D eigenvalue weighted by Gasteiger charge is -2.36. The van der Waals surface area contributed by atoms with E-state index in [1.807, 2.05) is 12.3 Å². The number of para-hydroxylation sites is 1. The number of unbranched alkanes of at least 4 members (excludes halogenated alkanes) is 1. The first-order chi connectivity index (χ1) is 10.3. The Morgan fingerprint density at radius 2 is 1.91 bits per heavy atom. The molecule has 3 heteroatoms. The van der Waals surface area contributed by atoms with E-state index in [0.29, 0.717) is 0 Å². The van der Waals surface area contributed by atoms with Gasteiger partial charge in [-0.2, -0.15) is 0 Å². The summed E-state index contributed by atoms with van der Waals surface area (Å²) in [4.78, 5) is 3.26. The van der Waals surface area contributed by atoms with Gasteiger partial charge in [0, 0.05) is 35.7 Å². The molecule has 0 atom stereocenters. The molecule has 0 bridgehead atoms. The highest BCUT2D eigenvalue weighted by Crippen LogP contribution is 2.36. The van der Waals surface area contributed by atoms with E-state index in [0.717, 1.165) is 30.5 Å². The van der Waals surface area contributed by atoms with Crippen molar-refractivity contribution >= 4 is 19.2 Å². The Balaban J connectivity index is 1.83. The number of H-pyrrole nitrogens is 1. The van der Waals surface area contributed by atoms with Gasteiger partial charge in [-0.05, 0) is 30.6 Å². The topological polar surface area (TPSA) is 25.0 Å². The highest BCUT2D eigenvalue weighted by atomic mass is 28.4. The van der Waals surface area contributed by atoms with Crippen LogP contribution in [0.15, 0.2) is 30.5 Å². The highest BCUT2D eigenvalue weighted by Gasteiger charge is 2.36. The maximum Gasteiger partial charge on any atom is 0.191 e. The van der Waals surface area contributed by atoms with E-state index >= 15 is 0 Å². The van der Waals surface area contributed by atoms with E-state index in [2.05, 4.69) is 68.9 Å². The number of benzene rings is 1. The molecule has 0 radical (unpaired) electrons. The van der Waals surface area contributed by atoms with Crippen LogP contribution in [0.2, 0.25) is 18.1 Å². The molecular formula is C19H27NOSi. The number of nitrogens with one attached hydrogen (secondary N) is 1. The lowest BCUT2D eigenvalue weighted by molar-refractivity contribution is 0.284. The van der Waals surface area contributed by atoms with Gasteiger partial charge < -0.3 is 9.41 Å². The summed E-state index contributed by atoms with van der Waals surface area (Å²) in [6.45, 7) is 12.2. The molecule has 0 fully saturated rings. The van der Waals surface area contributed by atoms with Gasteiger partial charge in [0.15, 0.2) is 8.32 Å². The zero-order valence-electron chi connectivity index (χ0n) is 14.4. The Morgan fingerprint density at radius 1 is 1.18 bits per heavy atom. The standard InChI is InChI=1S/C19H27NOSi/c1-19(2,3)22(4,5)21-14-10-6-7-11-16-15-20-18-13-9-8-12-17(16)18/h8-9,12-13,15,20H,6,10,14H2,1-5H3. The SMILES string of the molecule is CC(C)(C)[Si](C)(C)OCCCC#Cc1c[nH]c2ccccc12. The summed E-state index contributed by atoms with van der Waals surface area (Å²) in [5.41, 5.74) is 2.23. The van der Waals surface area contributed by atoms with Crippen molar-refractivity contribution in [3.63, 3.8) is 0 Å². The van der Waals surface area contributed by atoms with Gasteiger partial charge >= 0.3 is 0 Å². The molecule has 1 heterocycles. The van der Waals surface area contributed by atoms with Gasteiger partial charge in [-0.25, -0.2) is 0 Å². The zero-order chi connectivity index (χ0) is 16.2. The fourth-order valence-corrected chi connectivity index (χ4v) is 3.12. The molecule has 118 valence electrons. The van der Waals surface area contributed by atoms with Crippen molar-refractivity contribution in [2.45, 2.75) is 51.7 Å². The van der Waals surface area contributed by atoms with Crippen molar-refractivity contribution in [1.29, 1.82) is 0 Å². The molecular weight excluding hydrogens is 286 g/mol. The monoisotopic (exact) mass is 313 g/mol. The molecule has 0 saturated heterocycles. The summed E-state index contributed by atoms with van der Waals surface area (Å²) in [6.07, 6.45) is 3.87. The second kappa shape index (κ2) is 6.72. The predicted molar refractivity (Wildman–Crippen MR) is 97.6 cm³/mol. The van der Waals surface area contributed by atoms with Crippen molar-refractivity contribution in [2.75, 3.05) is 6.61 Å². The first-order valence-corrected chi connectivity index (χ1v) is 10.9. The van der Waals surface area contributed by atoms with Crippen LogP contribution in [0.5, 0.6) is 0 Å². The summed E-state index contributed by atoms with van der Waals surface area (Å²) in [5.74, 6) is 6.54. The van der Waals surface area contributed by atoms with Crippen molar-refractivity contribution in [3.8, 4) is 11.8 Å². The normalized spacial score (nSPS) is 12.2.